The zero-order chi connectivity index (χ0) is 17.7. The fraction of sp³-hybridized carbons (Fsp3) is 0.105. The lowest BCUT2D eigenvalue weighted by Gasteiger charge is -2.22. The lowest BCUT2D eigenvalue weighted by Crippen LogP contribution is -2.30. The largest absolute Gasteiger partial charge is 0.328 e. The Morgan fingerprint density at radius 1 is 0.760 bits per heavy atom. The zero-order valence-electron chi connectivity index (χ0n) is 13.5. The second-order valence-corrected chi connectivity index (χ2v) is 7.57. The Morgan fingerprint density at radius 2 is 1.28 bits per heavy atom. The molecular formula is C19H18N2O3S. The summed E-state index contributed by atoms with van der Waals surface area (Å²) in [4.78, 5) is 13.7. The molecule has 5 nitrogen and oxygen atoms in total. The molecule has 25 heavy (non-hydrogen) atoms. The van der Waals surface area contributed by atoms with Gasteiger partial charge in [0.25, 0.3) is 0 Å². The molecule has 0 aliphatic heterocycles. The topological polar surface area (TPSA) is 70.2 Å². The van der Waals surface area contributed by atoms with E-state index >= 15 is 0 Å². The van der Waals surface area contributed by atoms with Gasteiger partial charge in [-0.3, -0.25) is 4.79 Å². The van der Waals surface area contributed by atoms with Crippen LogP contribution in [0, 0.1) is 0 Å². The molecule has 0 spiro atoms. The number of H-pyrrole nitrogens is 1. The first-order valence-corrected chi connectivity index (χ1v) is 9.26. The van der Waals surface area contributed by atoms with E-state index in [9.17, 15) is 13.2 Å². The summed E-state index contributed by atoms with van der Waals surface area (Å²) in [6, 6.07) is 21.4. The minimum atomic E-state index is -3.75. The number of hydrogen-bond acceptors (Lipinski definition) is 3. The van der Waals surface area contributed by atoms with Crippen LogP contribution in [0.2, 0.25) is 0 Å². The van der Waals surface area contributed by atoms with Gasteiger partial charge < -0.3 is 4.98 Å². The monoisotopic (exact) mass is 354 g/mol. The standard InChI is InChI=1S/C19H18N2O3S/c22-19-12-11-18(13-20-19)25(23,24)21(14-16-7-3-1-4-8-16)15-17-9-5-2-6-10-17/h1-13H,14-15H2,(H,20,22). The number of sulfonamides is 1. The molecule has 0 aliphatic rings. The van der Waals surface area contributed by atoms with E-state index in [1.54, 1.807) is 0 Å². The molecule has 0 amide bonds. The fourth-order valence-corrected chi connectivity index (χ4v) is 3.89. The van der Waals surface area contributed by atoms with Gasteiger partial charge in [0.2, 0.25) is 15.6 Å². The highest BCUT2D eigenvalue weighted by molar-refractivity contribution is 7.89. The maximum absolute atomic E-state index is 13.1. The van der Waals surface area contributed by atoms with Gasteiger partial charge in [-0.15, -0.1) is 0 Å². The van der Waals surface area contributed by atoms with Crippen molar-refractivity contribution in [2.75, 3.05) is 0 Å². The summed E-state index contributed by atoms with van der Waals surface area (Å²) in [6.45, 7) is 0.494. The Labute approximate surface area is 146 Å². The molecule has 0 fully saturated rings. The van der Waals surface area contributed by atoms with Gasteiger partial charge in [0.05, 0.1) is 4.90 Å². The summed E-state index contributed by atoms with van der Waals surface area (Å²) in [6.07, 6.45) is 1.24. The number of aromatic nitrogens is 1. The number of aromatic amines is 1. The second kappa shape index (κ2) is 7.46. The number of benzene rings is 2. The third-order valence-electron chi connectivity index (χ3n) is 3.80. The van der Waals surface area contributed by atoms with Crippen LogP contribution in [-0.4, -0.2) is 17.7 Å². The van der Waals surface area contributed by atoms with Gasteiger partial charge in [-0.05, 0) is 17.2 Å². The van der Waals surface area contributed by atoms with Crippen molar-refractivity contribution in [3.05, 3.63) is 100 Å². The SMILES string of the molecule is O=c1ccc(S(=O)(=O)N(Cc2ccccc2)Cc2ccccc2)c[nH]1. The Bertz CT molecular complexity index is 922. The molecule has 3 aromatic rings. The summed E-state index contributed by atoms with van der Waals surface area (Å²) in [7, 11) is -3.75. The third-order valence-corrected chi connectivity index (χ3v) is 5.58. The van der Waals surface area contributed by atoms with Crippen molar-refractivity contribution in [1.82, 2.24) is 9.29 Å². The van der Waals surface area contributed by atoms with E-state index < -0.39 is 10.0 Å². The first-order chi connectivity index (χ1) is 12.1. The first kappa shape index (κ1) is 17.1. The van der Waals surface area contributed by atoms with Crippen LogP contribution in [0.15, 0.2) is 88.7 Å². The summed E-state index contributed by atoms with van der Waals surface area (Å²) in [5.74, 6) is 0. The van der Waals surface area contributed by atoms with Crippen molar-refractivity contribution in [3.8, 4) is 0 Å². The minimum absolute atomic E-state index is 0.0685. The van der Waals surface area contributed by atoms with Crippen molar-refractivity contribution in [2.24, 2.45) is 0 Å². The number of nitrogens with one attached hydrogen (secondary N) is 1. The van der Waals surface area contributed by atoms with Crippen LogP contribution in [0.3, 0.4) is 0 Å². The van der Waals surface area contributed by atoms with E-state index in [0.29, 0.717) is 0 Å². The van der Waals surface area contributed by atoms with Gasteiger partial charge in [-0.1, -0.05) is 60.7 Å². The first-order valence-electron chi connectivity index (χ1n) is 7.82. The minimum Gasteiger partial charge on any atom is -0.328 e. The van der Waals surface area contributed by atoms with Crippen LogP contribution < -0.4 is 5.56 Å². The van der Waals surface area contributed by atoms with Crippen LogP contribution in [-0.2, 0) is 23.1 Å². The summed E-state index contributed by atoms with van der Waals surface area (Å²) < 4.78 is 27.5. The van der Waals surface area contributed by atoms with Gasteiger partial charge in [-0.2, -0.15) is 4.31 Å². The molecule has 0 bridgehead atoms. The van der Waals surface area contributed by atoms with Gasteiger partial charge in [0.1, 0.15) is 0 Å². The van der Waals surface area contributed by atoms with Crippen LogP contribution in [0.1, 0.15) is 11.1 Å². The van der Waals surface area contributed by atoms with Crippen molar-refractivity contribution in [2.45, 2.75) is 18.0 Å². The van der Waals surface area contributed by atoms with E-state index in [-0.39, 0.29) is 23.5 Å². The maximum Gasteiger partial charge on any atom is 0.247 e. The Balaban J connectivity index is 1.97. The molecule has 1 N–H and O–H groups in total. The summed E-state index contributed by atoms with van der Waals surface area (Å²) >= 11 is 0. The van der Waals surface area contributed by atoms with E-state index in [4.69, 9.17) is 0 Å². The average molecular weight is 354 g/mol. The van der Waals surface area contributed by atoms with Gasteiger partial charge in [0, 0.05) is 25.4 Å². The zero-order valence-corrected chi connectivity index (χ0v) is 14.3. The van der Waals surface area contributed by atoms with E-state index in [2.05, 4.69) is 4.98 Å². The Morgan fingerprint density at radius 3 is 1.72 bits per heavy atom. The molecule has 0 unspecified atom stereocenters. The van der Waals surface area contributed by atoms with Gasteiger partial charge in [-0.25, -0.2) is 8.42 Å². The molecular weight excluding hydrogens is 336 g/mol. The van der Waals surface area contributed by atoms with Crippen LogP contribution in [0.4, 0.5) is 0 Å². The van der Waals surface area contributed by atoms with Gasteiger partial charge in [0.15, 0.2) is 0 Å². The smallest absolute Gasteiger partial charge is 0.247 e. The van der Waals surface area contributed by atoms with E-state index in [1.165, 1.54) is 22.6 Å². The van der Waals surface area contributed by atoms with Crippen molar-refractivity contribution < 1.29 is 8.42 Å². The quantitative estimate of drug-likeness (QED) is 0.740. The Hall–Kier alpha value is -2.70. The van der Waals surface area contributed by atoms with Crippen LogP contribution in [0.25, 0.3) is 0 Å². The molecule has 128 valence electrons. The lowest BCUT2D eigenvalue weighted by molar-refractivity contribution is 0.401. The molecule has 2 aromatic carbocycles. The van der Waals surface area contributed by atoms with E-state index in [1.807, 2.05) is 60.7 Å². The fourth-order valence-electron chi connectivity index (χ4n) is 2.51. The average Bonchev–Trinajstić information content (AvgIpc) is 2.63. The summed E-state index contributed by atoms with van der Waals surface area (Å²) in [5.41, 5.74) is 1.45. The van der Waals surface area contributed by atoms with Crippen molar-refractivity contribution >= 4 is 10.0 Å². The van der Waals surface area contributed by atoms with Crippen LogP contribution >= 0.6 is 0 Å². The predicted molar refractivity (Wildman–Crippen MR) is 96.4 cm³/mol. The highest BCUT2D eigenvalue weighted by Crippen LogP contribution is 2.20. The van der Waals surface area contributed by atoms with Crippen molar-refractivity contribution in [3.63, 3.8) is 0 Å². The molecule has 0 radical (unpaired) electrons. The highest BCUT2D eigenvalue weighted by Gasteiger charge is 2.25. The molecule has 1 aromatic heterocycles. The molecule has 0 aliphatic carbocycles. The molecule has 0 atom stereocenters. The second-order valence-electron chi connectivity index (χ2n) is 5.63. The highest BCUT2D eigenvalue weighted by atomic mass is 32.2. The number of hydrogen-bond donors (Lipinski definition) is 1. The number of rotatable bonds is 6. The molecule has 1 heterocycles. The third kappa shape index (κ3) is 4.23. The Kier molecular flexibility index (Phi) is 5.11. The normalized spacial score (nSPS) is 11.6. The number of nitrogens with zero attached hydrogens (tertiary/aromatic N) is 1. The van der Waals surface area contributed by atoms with Gasteiger partial charge >= 0.3 is 0 Å². The van der Waals surface area contributed by atoms with Crippen molar-refractivity contribution in [1.29, 1.82) is 0 Å². The van der Waals surface area contributed by atoms with E-state index in [0.717, 1.165) is 11.1 Å². The van der Waals surface area contributed by atoms with Crippen LogP contribution in [0.5, 0.6) is 0 Å². The molecule has 6 heteroatoms. The number of pyridine rings is 1. The molecule has 0 saturated carbocycles. The summed E-state index contributed by atoms with van der Waals surface area (Å²) in [5, 5.41) is 0. The molecule has 3 rings (SSSR count). The maximum atomic E-state index is 13.1. The molecule has 0 saturated heterocycles. The lowest BCUT2D eigenvalue weighted by atomic mass is 10.2. The predicted octanol–water partition coefficient (Wildman–Crippen LogP) is 2.77.